The van der Waals surface area contributed by atoms with Crippen LogP contribution in [0.25, 0.3) is 5.57 Å². The van der Waals surface area contributed by atoms with Gasteiger partial charge in [0.05, 0.1) is 6.61 Å². The first-order valence-electron chi connectivity index (χ1n) is 10.9. The minimum atomic E-state index is -0.506. The van der Waals surface area contributed by atoms with Crippen LogP contribution in [0.1, 0.15) is 90.0 Å². The lowest BCUT2D eigenvalue weighted by Gasteiger charge is -2.18. The molecule has 3 heteroatoms. The van der Waals surface area contributed by atoms with E-state index in [-0.39, 0.29) is 5.97 Å². The molecular formula is C24H36O3. The summed E-state index contributed by atoms with van der Waals surface area (Å²) >= 11 is 0. The van der Waals surface area contributed by atoms with E-state index in [2.05, 4.69) is 25.1 Å². The number of hydrogen-bond acceptors (Lipinski definition) is 3. The first-order valence-corrected chi connectivity index (χ1v) is 10.9. The summed E-state index contributed by atoms with van der Waals surface area (Å²) in [5.41, 5.74) is 2.72. The van der Waals surface area contributed by atoms with E-state index in [1.165, 1.54) is 56.1 Å². The van der Waals surface area contributed by atoms with Crippen molar-refractivity contribution in [2.75, 3.05) is 6.61 Å². The molecule has 0 N–H and O–H groups in total. The predicted molar refractivity (Wildman–Crippen MR) is 112 cm³/mol. The summed E-state index contributed by atoms with van der Waals surface area (Å²) in [7, 11) is 0. The first kappa shape index (κ1) is 21.5. The molecule has 1 aromatic rings. The van der Waals surface area contributed by atoms with Gasteiger partial charge in [0.1, 0.15) is 5.75 Å². The van der Waals surface area contributed by atoms with Crippen LogP contribution in [0.3, 0.4) is 0 Å². The third-order valence-corrected chi connectivity index (χ3v) is 5.16. The summed E-state index contributed by atoms with van der Waals surface area (Å²) in [5, 5.41) is 0. The minimum absolute atomic E-state index is 0.249. The summed E-state index contributed by atoms with van der Waals surface area (Å²) < 4.78 is 11.2. The molecule has 1 aromatic carbocycles. The first-order chi connectivity index (χ1) is 13.2. The van der Waals surface area contributed by atoms with E-state index >= 15 is 0 Å². The number of rotatable bonds is 10. The molecule has 0 amide bonds. The Morgan fingerprint density at radius 2 is 1.78 bits per heavy atom. The van der Waals surface area contributed by atoms with Gasteiger partial charge < -0.3 is 9.47 Å². The van der Waals surface area contributed by atoms with Crippen LogP contribution in [0.15, 0.2) is 30.3 Å². The second kappa shape index (κ2) is 12.6. The SMILES string of the molecule is CCCCCCC(Oc1ccc(/C2=C/CCCCCC2)cc1)C(=O)OCC. The molecule has 0 saturated heterocycles. The van der Waals surface area contributed by atoms with Crippen LogP contribution >= 0.6 is 0 Å². The summed E-state index contributed by atoms with van der Waals surface area (Å²) in [6.07, 6.45) is 14.7. The second-order valence-corrected chi connectivity index (χ2v) is 7.41. The lowest BCUT2D eigenvalue weighted by atomic mass is 9.95. The third-order valence-electron chi connectivity index (χ3n) is 5.16. The average Bonchev–Trinajstić information content (AvgIpc) is 2.65. The fourth-order valence-electron chi connectivity index (χ4n) is 3.58. The molecule has 27 heavy (non-hydrogen) atoms. The van der Waals surface area contributed by atoms with E-state index in [9.17, 15) is 4.79 Å². The van der Waals surface area contributed by atoms with E-state index in [1.807, 2.05) is 19.1 Å². The standard InChI is InChI=1S/C24H36O3/c1-3-5-6-12-15-23(24(25)26-4-2)27-22-18-16-21(17-19-22)20-13-10-8-7-9-11-14-20/h13,16-19,23H,3-12,14-15H2,1-2H3/b20-13+. The van der Waals surface area contributed by atoms with Gasteiger partial charge in [-0.15, -0.1) is 0 Å². The Morgan fingerprint density at radius 1 is 1.00 bits per heavy atom. The van der Waals surface area contributed by atoms with Crippen molar-refractivity contribution in [3.05, 3.63) is 35.9 Å². The summed E-state index contributed by atoms with van der Waals surface area (Å²) in [4.78, 5) is 12.2. The molecule has 0 saturated carbocycles. The van der Waals surface area contributed by atoms with Crippen molar-refractivity contribution in [3.8, 4) is 5.75 Å². The fourth-order valence-corrected chi connectivity index (χ4v) is 3.58. The smallest absolute Gasteiger partial charge is 0.347 e. The van der Waals surface area contributed by atoms with Gasteiger partial charge in [-0.1, -0.05) is 57.2 Å². The van der Waals surface area contributed by atoms with Gasteiger partial charge in [0.15, 0.2) is 6.10 Å². The van der Waals surface area contributed by atoms with Gasteiger partial charge in [-0.05, 0) is 68.7 Å². The van der Waals surface area contributed by atoms with E-state index in [1.54, 1.807) is 0 Å². The van der Waals surface area contributed by atoms with Crippen LogP contribution < -0.4 is 4.74 Å². The third kappa shape index (κ3) is 7.78. The number of esters is 1. The Balaban J connectivity index is 1.98. The predicted octanol–water partition coefficient (Wildman–Crippen LogP) is 6.71. The summed E-state index contributed by atoms with van der Waals surface area (Å²) in [5.74, 6) is 0.500. The highest BCUT2D eigenvalue weighted by Crippen LogP contribution is 2.27. The van der Waals surface area contributed by atoms with Crippen LogP contribution in [0, 0.1) is 0 Å². The van der Waals surface area contributed by atoms with Crippen LogP contribution in [0.2, 0.25) is 0 Å². The van der Waals surface area contributed by atoms with Gasteiger partial charge >= 0.3 is 5.97 Å². The van der Waals surface area contributed by atoms with Gasteiger partial charge in [-0.3, -0.25) is 0 Å². The van der Waals surface area contributed by atoms with Crippen molar-refractivity contribution in [1.82, 2.24) is 0 Å². The average molecular weight is 373 g/mol. The van der Waals surface area contributed by atoms with Gasteiger partial charge in [-0.2, -0.15) is 0 Å². The molecule has 0 radical (unpaired) electrons. The molecule has 0 fully saturated rings. The van der Waals surface area contributed by atoms with Gasteiger partial charge in [0.25, 0.3) is 0 Å². The topological polar surface area (TPSA) is 35.5 Å². The number of ether oxygens (including phenoxy) is 2. The van der Waals surface area contributed by atoms with Gasteiger partial charge in [0.2, 0.25) is 0 Å². The Kier molecular flexibility index (Phi) is 10.0. The van der Waals surface area contributed by atoms with E-state index in [0.29, 0.717) is 13.0 Å². The van der Waals surface area contributed by atoms with E-state index in [4.69, 9.17) is 9.47 Å². The van der Waals surface area contributed by atoms with Crippen molar-refractivity contribution in [2.24, 2.45) is 0 Å². The van der Waals surface area contributed by atoms with Crippen LogP contribution in [-0.4, -0.2) is 18.7 Å². The van der Waals surface area contributed by atoms with Crippen molar-refractivity contribution in [3.63, 3.8) is 0 Å². The quantitative estimate of drug-likeness (QED) is 0.338. The highest BCUT2D eigenvalue weighted by Gasteiger charge is 2.21. The molecule has 0 aliphatic heterocycles. The highest BCUT2D eigenvalue weighted by atomic mass is 16.6. The zero-order valence-corrected chi connectivity index (χ0v) is 17.2. The fraction of sp³-hybridized carbons (Fsp3) is 0.625. The molecule has 0 spiro atoms. The molecule has 0 bridgehead atoms. The van der Waals surface area contributed by atoms with Gasteiger partial charge in [-0.25, -0.2) is 4.79 Å². The minimum Gasteiger partial charge on any atom is -0.479 e. The Hall–Kier alpha value is -1.77. The maximum absolute atomic E-state index is 12.2. The van der Waals surface area contributed by atoms with Gasteiger partial charge in [0, 0.05) is 0 Å². The molecule has 1 aliphatic carbocycles. The molecule has 2 rings (SSSR count). The maximum atomic E-state index is 12.2. The van der Waals surface area contributed by atoms with Crippen molar-refractivity contribution >= 4 is 11.5 Å². The molecule has 3 nitrogen and oxygen atoms in total. The Labute approximate surface area is 165 Å². The molecule has 1 unspecified atom stereocenters. The van der Waals surface area contributed by atoms with Crippen LogP contribution in [-0.2, 0) is 9.53 Å². The monoisotopic (exact) mass is 372 g/mol. The lowest BCUT2D eigenvalue weighted by Crippen LogP contribution is -2.29. The molecular weight excluding hydrogens is 336 g/mol. The van der Waals surface area contributed by atoms with Crippen molar-refractivity contribution < 1.29 is 14.3 Å². The van der Waals surface area contributed by atoms with Crippen LogP contribution in [0.4, 0.5) is 0 Å². The molecule has 150 valence electrons. The lowest BCUT2D eigenvalue weighted by molar-refractivity contribution is -0.151. The van der Waals surface area contributed by atoms with Crippen molar-refractivity contribution in [2.45, 2.75) is 90.6 Å². The highest BCUT2D eigenvalue weighted by molar-refractivity contribution is 5.75. The summed E-state index contributed by atoms with van der Waals surface area (Å²) in [6.45, 7) is 4.41. The largest absolute Gasteiger partial charge is 0.479 e. The summed E-state index contributed by atoms with van der Waals surface area (Å²) in [6, 6.07) is 8.24. The molecule has 0 heterocycles. The molecule has 0 aromatic heterocycles. The number of hydrogen-bond donors (Lipinski definition) is 0. The van der Waals surface area contributed by atoms with Crippen molar-refractivity contribution in [1.29, 1.82) is 0 Å². The number of carbonyl (C=O) groups excluding carboxylic acids is 1. The van der Waals surface area contributed by atoms with E-state index in [0.717, 1.165) is 25.0 Å². The zero-order valence-electron chi connectivity index (χ0n) is 17.2. The number of unbranched alkanes of at least 4 members (excludes halogenated alkanes) is 3. The second-order valence-electron chi connectivity index (χ2n) is 7.41. The number of allylic oxidation sites excluding steroid dienone is 2. The van der Waals surface area contributed by atoms with Crippen LogP contribution in [0.5, 0.6) is 5.75 Å². The Bertz CT molecular complexity index is 574. The van der Waals surface area contributed by atoms with E-state index < -0.39 is 6.10 Å². The molecule has 1 aliphatic rings. The molecule has 1 atom stereocenters. The maximum Gasteiger partial charge on any atom is 0.347 e. The number of benzene rings is 1. The number of carbonyl (C=O) groups is 1. The Morgan fingerprint density at radius 3 is 2.52 bits per heavy atom. The zero-order chi connectivity index (χ0) is 19.3. The normalized spacial score (nSPS) is 17.9.